The van der Waals surface area contributed by atoms with Gasteiger partial charge in [0.1, 0.15) is 11.9 Å². The SMILES string of the molecule is OC(c1ccc(F)cn1)c1cncc2ccccc12. The lowest BCUT2D eigenvalue weighted by Crippen LogP contribution is -2.03. The van der Waals surface area contributed by atoms with Crippen LogP contribution in [0.1, 0.15) is 17.4 Å². The summed E-state index contributed by atoms with van der Waals surface area (Å²) in [4.78, 5) is 8.02. The van der Waals surface area contributed by atoms with E-state index in [2.05, 4.69) is 9.97 Å². The minimum Gasteiger partial charge on any atom is -0.382 e. The number of hydrogen-bond acceptors (Lipinski definition) is 3. The van der Waals surface area contributed by atoms with E-state index in [4.69, 9.17) is 0 Å². The Morgan fingerprint density at radius 3 is 2.63 bits per heavy atom. The van der Waals surface area contributed by atoms with Crippen molar-refractivity contribution in [1.29, 1.82) is 0 Å². The van der Waals surface area contributed by atoms with Crippen LogP contribution in [0.25, 0.3) is 10.8 Å². The van der Waals surface area contributed by atoms with Gasteiger partial charge in [0.05, 0.1) is 11.9 Å². The average molecular weight is 254 g/mol. The molecule has 1 aromatic carbocycles. The number of nitrogens with zero attached hydrogens (tertiary/aromatic N) is 2. The highest BCUT2D eigenvalue weighted by Crippen LogP contribution is 2.26. The lowest BCUT2D eigenvalue weighted by molar-refractivity contribution is 0.216. The highest BCUT2D eigenvalue weighted by atomic mass is 19.1. The standard InChI is InChI=1S/C15H11FN2O/c16-11-5-6-14(18-8-11)15(19)13-9-17-7-10-3-1-2-4-12(10)13/h1-9,15,19H. The van der Waals surface area contributed by atoms with Crippen LogP contribution in [0.3, 0.4) is 0 Å². The van der Waals surface area contributed by atoms with Crippen LogP contribution in [0.15, 0.2) is 55.0 Å². The molecule has 0 fully saturated rings. The van der Waals surface area contributed by atoms with Crippen molar-refractivity contribution in [3.8, 4) is 0 Å². The van der Waals surface area contributed by atoms with Crippen molar-refractivity contribution in [3.63, 3.8) is 0 Å². The van der Waals surface area contributed by atoms with Crippen LogP contribution in [0.2, 0.25) is 0 Å². The second kappa shape index (κ2) is 4.74. The van der Waals surface area contributed by atoms with Gasteiger partial charge in [0.25, 0.3) is 0 Å². The van der Waals surface area contributed by atoms with Crippen molar-refractivity contribution in [3.05, 3.63) is 72.1 Å². The van der Waals surface area contributed by atoms with Gasteiger partial charge in [-0.3, -0.25) is 9.97 Å². The molecule has 2 aromatic heterocycles. The number of pyridine rings is 2. The summed E-state index contributed by atoms with van der Waals surface area (Å²) in [6.07, 6.45) is 3.53. The van der Waals surface area contributed by atoms with E-state index in [1.54, 1.807) is 12.4 Å². The second-order valence-electron chi connectivity index (χ2n) is 4.25. The van der Waals surface area contributed by atoms with Crippen LogP contribution in [0.4, 0.5) is 4.39 Å². The van der Waals surface area contributed by atoms with E-state index in [-0.39, 0.29) is 0 Å². The zero-order chi connectivity index (χ0) is 13.2. The first kappa shape index (κ1) is 11.7. The number of aromatic nitrogens is 2. The highest BCUT2D eigenvalue weighted by molar-refractivity contribution is 5.85. The predicted octanol–water partition coefficient (Wildman–Crippen LogP) is 2.85. The fourth-order valence-electron chi connectivity index (χ4n) is 2.07. The summed E-state index contributed by atoms with van der Waals surface area (Å²) in [7, 11) is 0. The molecular weight excluding hydrogens is 243 g/mol. The quantitative estimate of drug-likeness (QED) is 0.764. The van der Waals surface area contributed by atoms with Gasteiger partial charge >= 0.3 is 0 Å². The van der Waals surface area contributed by atoms with Crippen LogP contribution in [0, 0.1) is 5.82 Å². The average Bonchev–Trinajstić information content (AvgIpc) is 2.47. The van der Waals surface area contributed by atoms with E-state index in [0.717, 1.165) is 17.0 Å². The summed E-state index contributed by atoms with van der Waals surface area (Å²) in [5.41, 5.74) is 1.07. The minimum absolute atomic E-state index is 0.402. The van der Waals surface area contributed by atoms with E-state index in [1.165, 1.54) is 12.1 Å². The Labute approximate surface area is 109 Å². The van der Waals surface area contributed by atoms with E-state index >= 15 is 0 Å². The van der Waals surface area contributed by atoms with E-state index in [9.17, 15) is 9.50 Å². The Morgan fingerprint density at radius 1 is 1.00 bits per heavy atom. The summed E-state index contributed by atoms with van der Waals surface area (Å²) in [6.45, 7) is 0. The van der Waals surface area contributed by atoms with Crippen LogP contribution < -0.4 is 0 Å². The van der Waals surface area contributed by atoms with Crippen LogP contribution >= 0.6 is 0 Å². The van der Waals surface area contributed by atoms with E-state index < -0.39 is 11.9 Å². The zero-order valence-corrected chi connectivity index (χ0v) is 9.99. The van der Waals surface area contributed by atoms with Crippen molar-refractivity contribution in [2.75, 3.05) is 0 Å². The van der Waals surface area contributed by atoms with Crippen LogP contribution in [-0.2, 0) is 0 Å². The molecule has 3 nitrogen and oxygen atoms in total. The zero-order valence-electron chi connectivity index (χ0n) is 9.99. The second-order valence-corrected chi connectivity index (χ2v) is 4.25. The summed E-state index contributed by atoms with van der Waals surface area (Å²) < 4.78 is 12.8. The fraction of sp³-hybridized carbons (Fsp3) is 0.0667. The van der Waals surface area contributed by atoms with Crippen molar-refractivity contribution in [2.24, 2.45) is 0 Å². The number of rotatable bonds is 2. The molecule has 2 heterocycles. The molecule has 0 amide bonds. The molecule has 94 valence electrons. The van der Waals surface area contributed by atoms with Gasteiger partial charge in [0.15, 0.2) is 0 Å². The molecule has 0 spiro atoms. The summed E-state index contributed by atoms with van der Waals surface area (Å²) in [6, 6.07) is 10.4. The topological polar surface area (TPSA) is 46.0 Å². The van der Waals surface area contributed by atoms with Gasteiger partial charge in [-0.1, -0.05) is 24.3 Å². The monoisotopic (exact) mass is 254 g/mol. The first-order valence-corrected chi connectivity index (χ1v) is 5.88. The molecule has 0 bridgehead atoms. The van der Waals surface area contributed by atoms with Gasteiger partial charge in [-0.2, -0.15) is 0 Å². The number of aliphatic hydroxyl groups is 1. The lowest BCUT2D eigenvalue weighted by Gasteiger charge is -2.12. The van der Waals surface area contributed by atoms with Gasteiger partial charge in [0.2, 0.25) is 0 Å². The van der Waals surface area contributed by atoms with Crippen molar-refractivity contribution in [2.45, 2.75) is 6.10 Å². The lowest BCUT2D eigenvalue weighted by atomic mass is 10.0. The molecule has 0 aliphatic heterocycles. The first-order valence-electron chi connectivity index (χ1n) is 5.88. The van der Waals surface area contributed by atoms with Gasteiger partial charge in [-0.05, 0) is 17.5 Å². The molecule has 0 saturated heterocycles. The molecule has 0 radical (unpaired) electrons. The van der Waals surface area contributed by atoms with E-state index in [1.807, 2.05) is 24.3 Å². The molecule has 0 aliphatic rings. The molecule has 1 unspecified atom stereocenters. The predicted molar refractivity (Wildman–Crippen MR) is 70.0 cm³/mol. The molecular formula is C15H11FN2O. The molecule has 1 atom stereocenters. The first-order chi connectivity index (χ1) is 9.25. The summed E-state index contributed by atoms with van der Waals surface area (Å²) in [5, 5.41) is 12.2. The minimum atomic E-state index is -0.917. The molecule has 0 aliphatic carbocycles. The summed E-state index contributed by atoms with van der Waals surface area (Å²) in [5.74, 6) is -0.424. The molecule has 3 rings (SSSR count). The van der Waals surface area contributed by atoms with Gasteiger partial charge < -0.3 is 5.11 Å². The maximum Gasteiger partial charge on any atom is 0.141 e. The molecule has 3 aromatic rings. The Balaban J connectivity index is 2.11. The molecule has 1 N–H and O–H groups in total. The maximum absolute atomic E-state index is 12.8. The van der Waals surface area contributed by atoms with Crippen LogP contribution in [-0.4, -0.2) is 15.1 Å². The molecule has 19 heavy (non-hydrogen) atoms. The number of benzene rings is 1. The number of halogens is 1. The van der Waals surface area contributed by atoms with E-state index in [0.29, 0.717) is 11.3 Å². The smallest absolute Gasteiger partial charge is 0.141 e. The third kappa shape index (κ3) is 2.18. The Hall–Kier alpha value is -2.33. The molecule has 4 heteroatoms. The van der Waals surface area contributed by atoms with Crippen molar-refractivity contribution in [1.82, 2.24) is 9.97 Å². The third-order valence-corrected chi connectivity index (χ3v) is 3.02. The Kier molecular flexibility index (Phi) is 2.93. The fourth-order valence-corrected chi connectivity index (χ4v) is 2.07. The third-order valence-electron chi connectivity index (χ3n) is 3.02. The maximum atomic E-state index is 12.8. The van der Waals surface area contributed by atoms with Crippen molar-refractivity contribution >= 4 is 10.8 Å². The number of hydrogen-bond donors (Lipinski definition) is 1. The Bertz CT molecular complexity index is 707. The number of fused-ring (bicyclic) bond motifs is 1. The normalized spacial score (nSPS) is 12.5. The summed E-state index contributed by atoms with van der Waals surface area (Å²) >= 11 is 0. The van der Waals surface area contributed by atoms with Crippen LogP contribution in [0.5, 0.6) is 0 Å². The van der Waals surface area contributed by atoms with Gasteiger partial charge in [-0.25, -0.2) is 4.39 Å². The van der Waals surface area contributed by atoms with Gasteiger partial charge in [0, 0.05) is 23.3 Å². The van der Waals surface area contributed by atoms with Gasteiger partial charge in [-0.15, -0.1) is 0 Å². The highest BCUT2D eigenvalue weighted by Gasteiger charge is 2.15. The van der Waals surface area contributed by atoms with Crippen molar-refractivity contribution < 1.29 is 9.50 Å². The molecule has 0 saturated carbocycles. The number of aliphatic hydroxyl groups excluding tert-OH is 1. The largest absolute Gasteiger partial charge is 0.382 e. The Morgan fingerprint density at radius 2 is 1.84 bits per heavy atom.